The number of amides is 1. The normalized spacial score (nSPS) is 12.7. The summed E-state index contributed by atoms with van der Waals surface area (Å²) in [5.41, 5.74) is 4.50. The Hall–Kier alpha value is -1.77. The number of rotatable bonds is 4. The number of hydrogen-bond donors (Lipinski definition) is 1. The molecular formula is C17H24N2O. The Labute approximate surface area is 121 Å². The maximum atomic E-state index is 12.2. The van der Waals surface area contributed by atoms with Crippen LogP contribution in [0.25, 0.3) is 10.9 Å². The number of fused-ring (bicyclic) bond motifs is 1. The topological polar surface area (TPSA) is 34.0 Å². The lowest BCUT2D eigenvalue weighted by Gasteiger charge is -2.11. The van der Waals surface area contributed by atoms with Crippen molar-refractivity contribution in [2.75, 3.05) is 0 Å². The third-order valence-corrected chi connectivity index (χ3v) is 4.21. The fourth-order valence-corrected chi connectivity index (χ4v) is 2.61. The van der Waals surface area contributed by atoms with Gasteiger partial charge in [0.25, 0.3) is 5.91 Å². The summed E-state index contributed by atoms with van der Waals surface area (Å²) in [5.74, 6) is 0.0163. The van der Waals surface area contributed by atoms with Gasteiger partial charge in [0.05, 0.1) is 0 Å². The second kappa shape index (κ2) is 5.70. The number of aromatic nitrogens is 1. The van der Waals surface area contributed by atoms with Gasteiger partial charge in [-0.2, -0.15) is 0 Å². The van der Waals surface area contributed by atoms with Crippen molar-refractivity contribution in [2.24, 2.45) is 0 Å². The number of carbonyl (C=O) groups excluding carboxylic acids is 1. The highest BCUT2D eigenvalue weighted by Gasteiger charge is 2.13. The first-order chi connectivity index (χ1) is 9.49. The van der Waals surface area contributed by atoms with Crippen molar-refractivity contribution < 1.29 is 4.79 Å². The molecule has 1 amide bonds. The molecule has 0 aliphatic rings. The van der Waals surface area contributed by atoms with Crippen LogP contribution in [0.4, 0.5) is 0 Å². The molecule has 0 radical (unpaired) electrons. The first-order valence-corrected chi connectivity index (χ1v) is 7.39. The summed E-state index contributed by atoms with van der Waals surface area (Å²) in [5, 5.41) is 4.20. The zero-order valence-electron chi connectivity index (χ0n) is 13.1. The van der Waals surface area contributed by atoms with Gasteiger partial charge >= 0.3 is 0 Å². The monoisotopic (exact) mass is 272 g/mol. The van der Waals surface area contributed by atoms with Crippen LogP contribution in [0.1, 0.15) is 48.8 Å². The summed E-state index contributed by atoms with van der Waals surface area (Å²) < 4.78 is 2.29. The standard InChI is InChI=1S/C17H24N2O/c1-6-11(3)18-17(20)14-8-9-16-15(10-14)12(4)13(5)19(16)7-2/h8-11H,6-7H2,1-5H3,(H,18,20). The number of aryl methyl sites for hydroxylation is 2. The summed E-state index contributed by atoms with van der Waals surface area (Å²) in [6.45, 7) is 11.5. The van der Waals surface area contributed by atoms with Gasteiger partial charge in [0.15, 0.2) is 0 Å². The molecule has 1 atom stereocenters. The molecule has 108 valence electrons. The van der Waals surface area contributed by atoms with E-state index in [1.54, 1.807) is 0 Å². The quantitative estimate of drug-likeness (QED) is 0.902. The fraction of sp³-hybridized carbons (Fsp3) is 0.471. The highest BCUT2D eigenvalue weighted by molar-refractivity contribution is 5.99. The van der Waals surface area contributed by atoms with Crippen molar-refractivity contribution in [3.63, 3.8) is 0 Å². The van der Waals surface area contributed by atoms with E-state index in [1.165, 1.54) is 22.2 Å². The second-order valence-electron chi connectivity index (χ2n) is 5.47. The van der Waals surface area contributed by atoms with Crippen molar-refractivity contribution in [3.05, 3.63) is 35.0 Å². The molecule has 0 saturated heterocycles. The van der Waals surface area contributed by atoms with Gasteiger partial charge in [-0.05, 0) is 57.9 Å². The van der Waals surface area contributed by atoms with E-state index < -0.39 is 0 Å². The van der Waals surface area contributed by atoms with Crippen LogP contribution in [0, 0.1) is 13.8 Å². The minimum atomic E-state index is 0.0163. The predicted molar refractivity (Wildman–Crippen MR) is 84.3 cm³/mol. The molecule has 0 spiro atoms. The number of benzene rings is 1. The third-order valence-electron chi connectivity index (χ3n) is 4.21. The zero-order chi connectivity index (χ0) is 14.9. The van der Waals surface area contributed by atoms with E-state index in [1.807, 2.05) is 19.1 Å². The molecule has 1 unspecified atom stereocenters. The van der Waals surface area contributed by atoms with Crippen LogP contribution in [0.2, 0.25) is 0 Å². The molecule has 20 heavy (non-hydrogen) atoms. The molecule has 2 aromatic rings. The first kappa shape index (κ1) is 14.6. The molecule has 0 bridgehead atoms. The van der Waals surface area contributed by atoms with Gasteiger partial charge in [0.1, 0.15) is 0 Å². The Morgan fingerprint density at radius 2 is 2.00 bits per heavy atom. The molecule has 1 N–H and O–H groups in total. The predicted octanol–water partition coefficient (Wildman–Crippen LogP) is 3.81. The van der Waals surface area contributed by atoms with E-state index in [9.17, 15) is 4.79 Å². The number of nitrogens with zero attached hydrogens (tertiary/aromatic N) is 1. The smallest absolute Gasteiger partial charge is 0.251 e. The Balaban J connectivity index is 2.44. The molecule has 0 aliphatic carbocycles. The second-order valence-corrected chi connectivity index (χ2v) is 5.47. The van der Waals surface area contributed by atoms with Crippen LogP contribution in [0.5, 0.6) is 0 Å². The summed E-state index contributed by atoms with van der Waals surface area (Å²) >= 11 is 0. The van der Waals surface area contributed by atoms with Crippen molar-refractivity contribution >= 4 is 16.8 Å². The van der Waals surface area contributed by atoms with E-state index in [-0.39, 0.29) is 11.9 Å². The van der Waals surface area contributed by atoms with E-state index in [4.69, 9.17) is 0 Å². The van der Waals surface area contributed by atoms with E-state index in [0.717, 1.165) is 18.5 Å². The Morgan fingerprint density at radius 3 is 2.60 bits per heavy atom. The summed E-state index contributed by atoms with van der Waals surface area (Å²) in [4.78, 5) is 12.2. The van der Waals surface area contributed by atoms with Gasteiger partial charge in [-0.25, -0.2) is 0 Å². The van der Waals surface area contributed by atoms with Gasteiger partial charge in [-0.15, -0.1) is 0 Å². The molecule has 0 aliphatic heterocycles. The van der Waals surface area contributed by atoms with E-state index in [2.05, 4.69) is 43.6 Å². The van der Waals surface area contributed by atoms with Crippen LogP contribution in [-0.2, 0) is 6.54 Å². The summed E-state index contributed by atoms with van der Waals surface area (Å²) in [7, 11) is 0. The lowest BCUT2D eigenvalue weighted by Crippen LogP contribution is -2.31. The lowest BCUT2D eigenvalue weighted by molar-refractivity contribution is 0.0939. The minimum Gasteiger partial charge on any atom is -0.350 e. The van der Waals surface area contributed by atoms with Crippen LogP contribution in [0.3, 0.4) is 0 Å². The average molecular weight is 272 g/mol. The highest BCUT2D eigenvalue weighted by atomic mass is 16.1. The molecular weight excluding hydrogens is 248 g/mol. The van der Waals surface area contributed by atoms with Crippen molar-refractivity contribution in [2.45, 2.75) is 53.6 Å². The average Bonchev–Trinajstić information content (AvgIpc) is 2.70. The molecule has 3 nitrogen and oxygen atoms in total. The summed E-state index contributed by atoms with van der Waals surface area (Å²) in [6, 6.07) is 6.21. The summed E-state index contributed by atoms with van der Waals surface area (Å²) in [6.07, 6.45) is 0.943. The molecule has 0 saturated carbocycles. The number of nitrogens with one attached hydrogen (secondary N) is 1. The van der Waals surface area contributed by atoms with Crippen LogP contribution in [0.15, 0.2) is 18.2 Å². The molecule has 1 aromatic heterocycles. The molecule has 2 rings (SSSR count). The molecule has 1 heterocycles. The van der Waals surface area contributed by atoms with Gasteiger partial charge in [-0.3, -0.25) is 4.79 Å². The maximum Gasteiger partial charge on any atom is 0.251 e. The Bertz CT molecular complexity index is 640. The van der Waals surface area contributed by atoms with Crippen LogP contribution >= 0.6 is 0 Å². The largest absolute Gasteiger partial charge is 0.350 e. The van der Waals surface area contributed by atoms with Crippen molar-refractivity contribution in [1.82, 2.24) is 9.88 Å². The Kier molecular flexibility index (Phi) is 4.17. The Morgan fingerprint density at radius 1 is 1.30 bits per heavy atom. The van der Waals surface area contributed by atoms with Gasteiger partial charge in [0, 0.05) is 34.7 Å². The molecule has 3 heteroatoms. The number of hydrogen-bond acceptors (Lipinski definition) is 1. The van der Waals surface area contributed by atoms with Crippen molar-refractivity contribution in [1.29, 1.82) is 0 Å². The van der Waals surface area contributed by atoms with Gasteiger partial charge in [0.2, 0.25) is 0 Å². The van der Waals surface area contributed by atoms with Gasteiger partial charge < -0.3 is 9.88 Å². The van der Waals surface area contributed by atoms with Crippen molar-refractivity contribution in [3.8, 4) is 0 Å². The fourth-order valence-electron chi connectivity index (χ4n) is 2.61. The SMILES string of the molecule is CCC(C)NC(=O)c1ccc2c(c1)c(C)c(C)n2CC. The zero-order valence-corrected chi connectivity index (χ0v) is 13.1. The van der Waals surface area contributed by atoms with E-state index in [0.29, 0.717) is 0 Å². The van der Waals surface area contributed by atoms with E-state index >= 15 is 0 Å². The van der Waals surface area contributed by atoms with Crippen LogP contribution < -0.4 is 5.32 Å². The number of carbonyl (C=O) groups is 1. The lowest BCUT2D eigenvalue weighted by atomic mass is 10.1. The molecule has 1 aromatic carbocycles. The van der Waals surface area contributed by atoms with Crippen LogP contribution in [-0.4, -0.2) is 16.5 Å². The van der Waals surface area contributed by atoms with Gasteiger partial charge in [-0.1, -0.05) is 6.92 Å². The molecule has 0 fully saturated rings. The highest BCUT2D eigenvalue weighted by Crippen LogP contribution is 2.26. The third kappa shape index (κ3) is 2.45. The first-order valence-electron chi connectivity index (χ1n) is 7.39. The maximum absolute atomic E-state index is 12.2. The minimum absolute atomic E-state index is 0.0163.